The molecule has 1 aliphatic carbocycles. The molecule has 1 aliphatic heterocycles. The van der Waals surface area contributed by atoms with Gasteiger partial charge in [-0.05, 0) is 12.8 Å². The maximum absolute atomic E-state index is 12.3. The van der Waals surface area contributed by atoms with Gasteiger partial charge in [0, 0.05) is 19.6 Å². The molecule has 1 saturated carbocycles. The number of rotatable bonds is 5. The lowest BCUT2D eigenvalue weighted by molar-refractivity contribution is -0.145. The summed E-state index contributed by atoms with van der Waals surface area (Å²) in [6.45, 7) is 0.465. The molecule has 0 bridgehead atoms. The first-order valence-corrected chi connectivity index (χ1v) is 8.29. The van der Waals surface area contributed by atoms with Gasteiger partial charge in [-0.15, -0.1) is 0 Å². The van der Waals surface area contributed by atoms with Crippen molar-refractivity contribution in [3.63, 3.8) is 0 Å². The second kappa shape index (κ2) is 5.97. The van der Waals surface area contributed by atoms with Crippen molar-refractivity contribution in [1.29, 1.82) is 0 Å². The zero-order chi connectivity index (χ0) is 14.8. The van der Waals surface area contributed by atoms with Crippen LogP contribution in [0.1, 0.15) is 25.7 Å². The normalized spacial score (nSPS) is 34.3. The van der Waals surface area contributed by atoms with Crippen LogP contribution in [0.3, 0.4) is 0 Å². The summed E-state index contributed by atoms with van der Waals surface area (Å²) in [6, 6.07) is 0. The quantitative estimate of drug-likeness (QED) is 0.658. The van der Waals surface area contributed by atoms with Crippen molar-refractivity contribution in [1.82, 2.24) is 4.72 Å². The van der Waals surface area contributed by atoms with Crippen LogP contribution in [0.25, 0.3) is 0 Å². The largest absolute Gasteiger partial charge is 0.469 e. The Morgan fingerprint density at radius 3 is 2.85 bits per heavy atom. The van der Waals surface area contributed by atoms with Gasteiger partial charge in [0.15, 0.2) is 0 Å². The second-order valence-corrected chi connectivity index (χ2v) is 7.48. The van der Waals surface area contributed by atoms with E-state index in [0.717, 1.165) is 0 Å². The number of hydrogen-bond acceptors (Lipinski definition) is 6. The molecule has 0 aromatic rings. The molecule has 2 fully saturated rings. The number of nitrogens with one attached hydrogen (secondary N) is 1. The Hall–Kier alpha value is -0.700. The molecule has 0 aromatic heterocycles. The number of esters is 1. The molecule has 0 spiro atoms. The Labute approximate surface area is 118 Å². The molecule has 1 saturated heterocycles. The molecule has 2 N–H and O–H groups in total. The van der Waals surface area contributed by atoms with Crippen LogP contribution in [0.4, 0.5) is 0 Å². The van der Waals surface area contributed by atoms with Gasteiger partial charge in [-0.3, -0.25) is 4.79 Å². The van der Waals surface area contributed by atoms with Crippen LogP contribution in [0, 0.1) is 5.92 Å². The van der Waals surface area contributed by atoms with Crippen LogP contribution in [0.15, 0.2) is 0 Å². The van der Waals surface area contributed by atoms with E-state index in [1.807, 2.05) is 0 Å². The lowest BCUT2D eigenvalue weighted by Gasteiger charge is -2.24. The number of aliphatic hydroxyl groups is 1. The smallest absolute Gasteiger partial charge is 0.310 e. The summed E-state index contributed by atoms with van der Waals surface area (Å²) < 4.78 is 36.7. The summed E-state index contributed by atoms with van der Waals surface area (Å²) >= 11 is 0. The molecule has 0 aromatic carbocycles. The van der Waals surface area contributed by atoms with Gasteiger partial charge in [-0.1, -0.05) is 6.42 Å². The van der Waals surface area contributed by atoms with Crippen molar-refractivity contribution in [3.05, 3.63) is 0 Å². The molecule has 1 heterocycles. The van der Waals surface area contributed by atoms with Crippen molar-refractivity contribution in [2.75, 3.05) is 26.9 Å². The van der Waals surface area contributed by atoms with Crippen LogP contribution in [-0.4, -0.2) is 57.2 Å². The molecular weight excluding hydrogens is 286 g/mol. The van der Waals surface area contributed by atoms with Crippen molar-refractivity contribution in [2.45, 2.75) is 36.5 Å². The standard InChI is InChI=1S/C12H21NO6S/c1-18-11(14)9-3-2-4-10(9)20(16,17)13-7-12(15)5-6-19-8-12/h9-10,13,15H,2-8H2,1H3. The number of carbonyl (C=O) groups excluding carboxylic acids is 1. The first-order chi connectivity index (χ1) is 9.38. The van der Waals surface area contributed by atoms with Crippen LogP contribution in [-0.2, 0) is 24.3 Å². The minimum Gasteiger partial charge on any atom is -0.469 e. The molecule has 0 amide bonds. The van der Waals surface area contributed by atoms with E-state index >= 15 is 0 Å². The fraction of sp³-hybridized carbons (Fsp3) is 0.917. The third kappa shape index (κ3) is 3.30. The van der Waals surface area contributed by atoms with E-state index in [-0.39, 0.29) is 13.2 Å². The molecule has 2 aliphatic rings. The fourth-order valence-electron chi connectivity index (χ4n) is 2.80. The Balaban J connectivity index is 2.00. The highest BCUT2D eigenvalue weighted by molar-refractivity contribution is 7.90. The molecule has 7 nitrogen and oxygen atoms in total. The Morgan fingerprint density at radius 1 is 1.50 bits per heavy atom. The number of carbonyl (C=O) groups is 1. The highest BCUT2D eigenvalue weighted by Crippen LogP contribution is 2.32. The lowest BCUT2D eigenvalue weighted by Crippen LogP contribution is -2.47. The zero-order valence-corrected chi connectivity index (χ0v) is 12.3. The van der Waals surface area contributed by atoms with Gasteiger partial charge in [-0.2, -0.15) is 0 Å². The van der Waals surface area contributed by atoms with Crippen LogP contribution in [0.2, 0.25) is 0 Å². The number of methoxy groups -OCH3 is 1. The van der Waals surface area contributed by atoms with Crippen molar-refractivity contribution in [2.24, 2.45) is 5.92 Å². The topological polar surface area (TPSA) is 102 Å². The van der Waals surface area contributed by atoms with Crippen LogP contribution in [0.5, 0.6) is 0 Å². The summed E-state index contributed by atoms with van der Waals surface area (Å²) in [4.78, 5) is 11.6. The van der Waals surface area contributed by atoms with Gasteiger partial charge in [-0.25, -0.2) is 13.1 Å². The second-order valence-electron chi connectivity index (χ2n) is 5.49. The average Bonchev–Trinajstić information content (AvgIpc) is 3.05. The summed E-state index contributed by atoms with van der Waals surface area (Å²) in [7, 11) is -2.40. The van der Waals surface area contributed by atoms with E-state index in [4.69, 9.17) is 4.74 Å². The van der Waals surface area contributed by atoms with E-state index < -0.39 is 32.8 Å². The predicted octanol–water partition coefficient (Wildman–Crippen LogP) is -0.601. The monoisotopic (exact) mass is 307 g/mol. The number of sulfonamides is 1. The molecule has 0 radical (unpaired) electrons. The van der Waals surface area contributed by atoms with Crippen LogP contribution >= 0.6 is 0 Å². The van der Waals surface area contributed by atoms with E-state index in [2.05, 4.69) is 9.46 Å². The van der Waals surface area contributed by atoms with Crippen molar-refractivity contribution in [3.8, 4) is 0 Å². The minimum atomic E-state index is -3.66. The predicted molar refractivity (Wildman–Crippen MR) is 70.5 cm³/mol. The molecule has 20 heavy (non-hydrogen) atoms. The first-order valence-electron chi connectivity index (χ1n) is 6.74. The lowest BCUT2D eigenvalue weighted by atomic mass is 10.1. The van der Waals surface area contributed by atoms with E-state index in [9.17, 15) is 18.3 Å². The third-order valence-corrected chi connectivity index (χ3v) is 5.95. The van der Waals surface area contributed by atoms with E-state index in [1.165, 1.54) is 7.11 Å². The van der Waals surface area contributed by atoms with Gasteiger partial charge in [0.25, 0.3) is 0 Å². The minimum absolute atomic E-state index is 0.0836. The summed E-state index contributed by atoms with van der Waals surface area (Å²) in [5, 5.41) is 9.30. The SMILES string of the molecule is COC(=O)C1CCCC1S(=O)(=O)NCC1(O)CCOC1. The Kier molecular flexibility index (Phi) is 4.68. The first kappa shape index (κ1) is 15.7. The molecule has 3 unspecified atom stereocenters. The third-order valence-electron chi connectivity index (χ3n) is 4.04. The number of ether oxygens (including phenoxy) is 2. The maximum atomic E-state index is 12.3. The molecule has 3 atom stereocenters. The summed E-state index contributed by atoms with van der Waals surface area (Å²) in [5.74, 6) is -1.10. The zero-order valence-electron chi connectivity index (χ0n) is 11.5. The average molecular weight is 307 g/mol. The molecule has 116 valence electrons. The highest BCUT2D eigenvalue weighted by Gasteiger charge is 2.43. The molecular formula is C12H21NO6S. The van der Waals surface area contributed by atoms with E-state index in [0.29, 0.717) is 32.3 Å². The Morgan fingerprint density at radius 2 is 2.25 bits per heavy atom. The van der Waals surface area contributed by atoms with Gasteiger partial charge in [0.2, 0.25) is 10.0 Å². The maximum Gasteiger partial charge on any atom is 0.310 e. The number of hydrogen-bond donors (Lipinski definition) is 2. The van der Waals surface area contributed by atoms with E-state index in [1.54, 1.807) is 0 Å². The van der Waals surface area contributed by atoms with Crippen molar-refractivity contribution < 1.29 is 27.8 Å². The van der Waals surface area contributed by atoms with Gasteiger partial charge in [0.05, 0.1) is 24.9 Å². The van der Waals surface area contributed by atoms with Crippen LogP contribution < -0.4 is 4.72 Å². The van der Waals surface area contributed by atoms with Crippen molar-refractivity contribution >= 4 is 16.0 Å². The molecule has 2 rings (SSSR count). The highest BCUT2D eigenvalue weighted by atomic mass is 32.2. The van der Waals surface area contributed by atoms with Gasteiger partial charge >= 0.3 is 5.97 Å². The summed E-state index contributed by atoms with van der Waals surface area (Å²) in [6.07, 6.45) is 2.04. The fourth-order valence-corrected chi connectivity index (χ4v) is 4.64. The Bertz CT molecular complexity index is 457. The summed E-state index contributed by atoms with van der Waals surface area (Å²) in [5.41, 5.74) is -1.15. The van der Waals surface area contributed by atoms with Gasteiger partial charge in [0.1, 0.15) is 5.60 Å². The molecule has 8 heteroatoms. The van der Waals surface area contributed by atoms with Gasteiger partial charge < -0.3 is 14.6 Å².